The zero-order valence-electron chi connectivity index (χ0n) is 9.75. The quantitative estimate of drug-likeness (QED) is 0.441. The van der Waals surface area contributed by atoms with Crippen LogP contribution in [0.2, 0.25) is 5.15 Å². The highest BCUT2D eigenvalue weighted by molar-refractivity contribution is 6.34. The Morgan fingerprint density at radius 3 is 2.58 bits per heavy atom. The highest BCUT2D eigenvalue weighted by Gasteiger charge is 2.12. The van der Waals surface area contributed by atoms with Crippen LogP contribution in [0.25, 0.3) is 22.3 Å². The van der Waals surface area contributed by atoms with Crippen molar-refractivity contribution >= 4 is 28.9 Å². The van der Waals surface area contributed by atoms with E-state index in [-0.39, 0.29) is 0 Å². The van der Waals surface area contributed by atoms with Gasteiger partial charge in [0.25, 0.3) is 0 Å². The van der Waals surface area contributed by atoms with Gasteiger partial charge in [-0.25, -0.2) is 14.6 Å². The molecule has 0 radical (unpaired) electrons. The molecule has 0 aliphatic rings. The Balaban J connectivity index is 2.21. The van der Waals surface area contributed by atoms with Gasteiger partial charge in [0.2, 0.25) is 0 Å². The van der Waals surface area contributed by atoms with E-state index in [1.165, 1.54) is 11.0 Å². The van der Waals surface area contributed by atoms with Crippen LogP contribution in [-0.4, -0.2) is 20.9 Å². The molecule has 94 valence electrons. The van der Waals surface area contributed by atoms with Gasteiger partial charge in [-0.05, 0) is 6.07 Å². The summed E-state index contributed by atoms with van der Waals surface area (Å²) in [7, 11) is 0. The Morgan fingerprint density at radius 1 is 1.21 bits per heavy atom. The molecule has 0 unspecified atom stereocenters. The van der Waals surface area contributed by atoms with E-state index < -0.39 is 0 Å². The fourth-order valence-corrected chi connectivity index (χ4v) is 2.14. The number of hydrogen-bond donors (Lipinski definition) is 1. The molecule has 6 heteroatoms. The summed E-state index contributed by atoms with van der Waals surface area (Å²) >= 11 is 6.01. The van der Waals surface area contributed by atoms with Gasteiger partial charge >= 0.3 is 0 Å². The van der Waals surface area contributed by atoms with Crippen molar-refractivity contribution in [2.24, 2.45) is 0 Å². The van der Waals surface area contributed by atoms with E-state index in [4.69, 9.17) is 17.4 Å². The van der Waals surface area contributed by atoms with Gasteiger partial charge in [0.1, 0.15) is 17.8 Å². The second-order valence-electron chi connectivity index (χ2n) is 4.04. The van der Waals surface area contributed by atoms with E-state index in [1.54, 1.807) is 12.1 Å². The van der Waals surface area contributed by atoms with Crippen LogP contribution >= 0.6 is 11.6 Å². The molecule has 0 saturated carbocycles. The Morgan fingerprint density at radius 2 is 1.95 bits per heavy atom. The van der Waals surface area contributed by atoms with Crippen LogP contribution in [0, 0.1) is 0 Å². The SMILES string of the molecule is Nn1c(-c2ccc(C=O)cc2)cc2c(Cl)ncnc21. The normalized spacial score (nSPS) is 10.8. The molecule has 1 aromatic carbocycles. The summed E-state index contributed by atoms with van der Waals surface area (Å²) in [6.45, 7) is 0. The summed E-state index contributed by atoms with van der Waals surface area (Å²) in [5.74, 6) is 6.01. The third kappa shape index (κ3) is 1.84. The van der Waals surface area contributed by atoms with Crippen LogP contribution in [0.1, 0.15) is 10.4 Å². The summed E-state index contributed by atoms with van der Waals surface area (Å²) in [6, 6.07) is 8.93. The number of halogens is 1. The molecule has 3 aromatic rings. The fraction of sp³-hybridized carbons (Fsp3) is 0. The molecule has 2 aromatic heterocycles. The zero-order chi connectivity index (χ0) is 13.4. The van der Waals surface area contributed by atoms with E-state index in [0.29, 0.717) is 21.7 Å². The van der Waals surface area contributed by atoms with Crippen molar-refractivity contribution in [2.45, 2.75) is 0 Å². The van der Waals surface area contributed by atoms with Crippen molar-refractivity contribution in [3.63, 3.8) is 0 Å². The number of nitrogen functional groups attached to an aromatic ring is 1. The minimum Gasteiger partial charge on any atom is -0.337 e. The molecule has 0 saturated heterocycles. The van der Waals surface area contributed by atoms with Gasteiger partial charge in [0.05, 0.1) is 11.1 Å². The number of hydrogen-bond acceptors (Lipinski definition) is 4. The maximum Gasteiger partial charge on any atom is 0.163 e. The van der Waals surface area contributed by atoms with E-state index in [0.717, 1.165) is 17.5 Å². The maximum atomic E-state index is 10.6. The van der Waals surface area contributed by atoms with Gasteiger partial charge in [-0.1, -0.05) is 35.9 Å². The second-order valence-corrected chi connectivity index (χ2v) is 4.40. The summed E-state index contributed by atoms with van der Waals surface area (Å²) in [5.41, 5.74) is 2.81. The smallest absolute Gasteiger partial charge is 0.163 e. The lowest BCUT2D eigenvalue weighted by atomic mass is 10.1. The van der Waals surface area contributed by atoms with Crippen molar-refractivity contribution in [3.05, 3.63) is 47.4 Å². The van der Waals surface area contributed by atoms with Gasteiger partial charge in [0.15, 0.2) is 5.65 Å². The average molecular weight is 273 g/mol. The minimum absolute atomic E-state index is 0.361. The number of fused-ring (bicyclic) bond motifs is 1. The number of carbonyl (C=O) groups excluding carboxylic acids is 1. The van der Waals surface area contributed by atoms with Crippen LogP contribution in [0.4, 0.5) is 0 Å². The lowest BCUT2D eigenvalue weighted by molar-refractivity contribution is 0.112. The van der Waals surface area contributed by atoms with Gasteiger partial charge < -0.3 is 5.84 Å². The van der Waals surface area contributed by atoms with Crippen molar-refractivity contribution in [2.75, 3.05) is 5.84 Å². The van der Waals surface area contributed by atoms with Crippen LogP contribution in [-0.2, 0) is 0 Å². The Bertz CT molecular complexity index is 764. The molecule has 0 amide bonds. The molecule has 0 spiro atoms. The molecule has 2 heterocycles. The molecule has 0 aliphatic heterocycles. The number of nitrogens with zero attached hydrogens (tertiary/aromatic N) is 3. The Labute approximate surface area is 113 Å². The second kappa shape index (κ2) is 4.37. The van der Waals surface area contributed by atoms with Crippen molar-refractivity contribution in [1.82, 2.24) is 14.6 Å². The molecule has 19 heavy (non-hydrogen) atoms. The standard InChI is InChI=1S/C13H9ClN4O/c14-12-10-5-11(18(15)13(10)17-7-16-12)9-3-1-8(6-19)2-4-9/h1-7H,15H2. The first-order chi connectivity index (χ1) is 9.20. The molecular formula is C13H9ClN4O. The van der Waals surface area contributed by atoms with E-state index in [2.05, 4.69) is 9.97 Å². The predicted molar refractivity (Wildman–Crippen MR) is 73.5 cm³/mol. The first-order valence-corrected chi connectivity index (χ1v) is 5.91. The summed E-state index contributed by atoms with van der Waals surface area (Å²) in [6.07, 6.45) is 2.16. The van der Waals surface area contributed by atoms with Gasteiger partial charge in [-0.15, -0.1) is 0 Å². The van der Waals surface area contributed by atoms with Crippen molar-refractivity contribution in [3.8, 4) is 11.3 Å². The summed E-state index contributed by atoms with van der Waals surface area (Å²) in [5, 5.41) is 1.06. The number of aromatic nitrogens is 3. The molecule has 0 aliphatic carbocycles. The highest BCUT2D eigenvalue weighted by atomic mass is 35.5. The number of aldehydes is 1. The molecule has 2 N–H and O–H groups in total. The van der Waals surface area contributed by atoms with E-state index >= 15 is 0 Å². The topological polar surface area (TPSA) is 73.8 Å². The van der Waals surface area contributed by atoms with Gasteiger partial charge in [-0.3, -0.25) is 4.79 Å². The monoisotopic (exact) mass is 272 g/mol. The van der Waals surface area contributed by atoms with Gasteiger partial charge in [0, 0.05) is 11.1 Å². The van der Waals surface area contributed by atoms with E-state index in [9.17, 15) is 4.79 Å². The first-order valence-electron chi connectivity index (χ1n) is 5.53. The predicted octanol–water partition coefficient (Wildman–Crippen LogP) is 2.28. The summed E-state index contributed by atoms with van der Waals surface area (Å²) < 4.78 is 1.46. The highest BCUT2D eigenvalue weighted by Crippen LogP contribution is 2.28. The maximum absolute atomic E-state index is 10.6. The Hall–Kier alpha value is -2.40. The lowest BCUT2D eigenvalue weighted by Gasteiger charge is -2.03. The Kier molecular flexibility index (Phi) is 2.68. The third-order valence-corrected chi connectivity index (χ3v) is 3.23. The van der Waals surface area contributed by atoms with E-state index in [1.807, 2.05) is 18.2 Å². The fourth-order valence-electron chi connectivity index (χ4n) is 1.96. The molecule has 0 bridgehead atoms. The average Bonchev–Trinajstić information content (AvgIpc) is 2.78. The van der Waals surface area contributed by atoms with Crippen LogP contribution in [0.15, 0.2) is 36.7 Å². The first kappa shape index (κ1) is 11.7. The zero-order valence-corrected chi connectivity index (χ0v) is 10.5. The number of benzene rings is 1. The molecule has 5 nitrogen and oxygen atoms in total. The molecule has 0 atom stereocenters. The van der Waals surface area contributed by atoms with Crippen LogP contribution in [0.3, 0.4) is 0 Å². The molecule has 3 rings (SSSR count). The number of nitrogens with two attached hydrogens (primary N) is 1. The summed E-state index contributed by atoms with van der Waals surface area (Å²) in [4.78, 5) is 18.7. The third-order valence-electron chi connectivity index (χ3n) is 2.93. The number of rotatable bonds is 2. The van der Waals surface area contributed by atoms with Crippen LogP contribution < -0.4 is 5.84 Å². The molecule has 0 fully saturated rings. The largest absolute Gasteiger partial charge is 0.337 e. The molecular weight excluding hydrogens is 264 g/mol. The van der Waals surface area contributed by atoms with Crippen molar-refractivity contribution in [1.29, 1.82) is 0 Å². The lowest BCUT2D eigenvalue weighted by Crippen LogP contribution is -2.10. The number of carbonyl (C=O) groups is 1. The minimum atomic E-state index is 0.361. The van der Waals surface area contributed by atoms with Crippen LogP contribution in [0.5, 0.6) is 0 Å². The van der Waals surface area contributed by atoms with Gasteiger partial charge in [-0.2, -0.15) is 0 Å². The van der Waals surface area contributed by atoms with Crippen molar-refractivity contribution < 1.29 is 4.79 Å².